The number of ether oxygens (including phenoxy) is 2. The SMILES string of the molecule is COC(=O)N(c1cncs1)[C@H](Cc1ccccc1)CN(CC(C)C)C[C@@H](Cc1ccccc1)N(C(=O)OC)c1cncs1. The zero-order valence-electron chi connectivity index (χ0n) is 25.0. The average Bonchev–Trinajstić information content (AvgIpc) is 3.73. The summed E-state index contributed by atoms with van der Waals surface area (Å²) in [5, 5.41) is 1.44. The molecule has 2 amide bonds. The lowest BCUT2D eigenvalue weighted by Crippen LogP contribution is -2.53. The van der Waals surface area contributed by atoms with E-state index < -0.39 is 12.2 Å². The lowest BCUT2D eigenvalue weighted by Gasteiger charge is -2.38. The third kappa shape index (κ3) is 9.09. The van der Waals surface area contributed by atoms with Gasteiger partial charge in [0.15, 0.2) is 0 Å². The van der Waals surface area contributed by atoms with Crippen molar-refractivity contribution in [1.82, 2.24) is 14.9 Å². The Balaban J connectivity index is 1.73. The monoisotopic (exact) mass is 621 g/mol. The molecule has 2 atom stereocenters. The van der Waals surface area contributed by atoms with E-state index >= 15 is 0 Å². The fraction of sp³-hybridized carbons (Fsp3) is 0.375. The van der Waals surface area contributed by atoms with Crippen LogP contribution >= 0.6 is 22.7 Å². The number of hydrogen-bond acceptors (Lipinski definition) is 9. The van der Waals surface area contributed by atoms with Crippen molar-refractivity contribution in [3.63, 3.8) is 0 Å². The predicted molar refractivity (Wildman–Crippen MR) is 173 cm³/mol. The summed E-state index contributed by atoms with van der Waals surface area (Å²) >= 11 is 2.80. The molecule has 9 nitrogen and oxygen atoms in total. The zero-order valence-corrected chi connectivity index (χ0v) is 26.7. The number of nitrogens with zero attached hydrogens (tertiary/aromatic N) is 5. The summed E-state index contributed by atoms with van der Waals surface area (Å²) in [5.74, 6) is 0.333. The van der Waals surface area contributed by atoms with Crippen LogP contribution in [0.3, 0.4) is 0 Å². The van der Waals surface area contributed by atoms with Gasteiger partial charge in [-0.1, -0.05) is 74.5 Å². The Labute approximate surface area is 261 Å². The van der Waals surface area contributed by atoms with Gasteiger partial charge in [0.25, 0.3) is 0 Å². The van der Waals surface area contributed by atoms with Crippen molar-refractivity contribution in [2.24, 2.45) is 5.92 Å². The first kappa shape index (κ1) is 32.1. The van der Waals surface area contributed by atoms with Crippen molar-refractivity contribution in [2.75, 3.05) is 43.7 Å². The standard InChI is InChI=1S/C32H39N5O4S2/c1-24(2)19-35(20-27(15-25-11-7-5-8-12-25)36(31(38)40-3)29-17-33-22-42-29)21-28(16-26-13-9-6-10-14-26)37(32(39)41-4)30-18-34-23-43-30/h5-14,17-18,22-24,27-28H,15-16,19-21H2,1-4H3/t27-,28-/m1/s1. The molecule has 228 valence electrons. The lowest BCUT2D eigenvalue weighted by molar-refractivity contribution is 0.163. The van der Waals surface area contributed by atoms with Crippen molar-refractivity contribution in [3.8, 4) is 0 Å². The number of hydrogen-bond donors (Lipinski definition) is 0. The van der Waals surface area contributed by atoms with E-state index in [0.29, 0.717) is 31.8 Å². The van der Waals surface area contributed by atoms with Crippen LogP contribution < -0.4 is 9.80 Å². The molecule has 0 spiro atoms. The Morgan fingerprint density at radius 3 is 1.44 bits per heavy atom. The maximum atomic E-state index is 13.3. The summed E-state index contributed by atoms with van der Waals surface area (Å²) in [7, 11) is 2.81. The Hall–Kier alpha value is -3.80. The minimum absolute atomic E-state index is 0.263. The van der Waals surface area contributed by atoms with E-state index in [1.807, 2.05) is 36.4 Å². The number of methoxy groups -OCH3 is 2. The van der Waals surface area contributed by atoms with E-state index in [4.69, 9.17) is 9.47 Å². The highest BCUT2D eigenvalue weighted by Gasteiger charge is 2.33. The van der Waals surface area contributed by atoms with Crippen LogP contribution in [0.15, 0.2) is 84.1 Å². The van der Waals surface area contributed by atoms with Crippen molar-refractivity contribution < 1.29 is 19.1 Å². The summed E-state index contributed by atoms with van der Waals surface area (Å²) in [6.07, 6.45) is 3.76. The first-order chi connectivity index (χ1) is 20.9. The van der Waals surface area contributed by atoms with E-state index in [0.717, 1.165) is 27.7 Å². The number of carbonyl (C=O) groups excluding carboxylic acids is 2. The molecule has 0 saturated carbocycles. The van der Waals surface area contributed by atoms with Crippen LogP contribution in [0.1, 0.15) is 25.0 Å². The van der Waals surface area contributed by atoms with E-state index in [1.165, 1.54) is 36.9 Å². The largest absolute Gasteiger partial charge is 0.452 e. The second-order valence-electron chi connectivity index (χ2n) is 10.7. The fourth-order valence-corrected chi connectivity index (χ4v) is 6.65. The Kier molecular flexibility index (Phi) is 12.1. The molecule has 0 unspecified atom stereocenters. The number of amides is 2. The molecule has 43 heavy (non-hydrogen) atoms. The van der Waals surface area contributed by atoms with Crippen LogP contribution in [0.25, 0.3) is 0 Å². The van der Waals surface area contributed by atoms with Gasteiger partial charge in [-0.25, -0.2) is 9.59 Å². The number of anilines is 2. The Bertz CT molecular complexity index is 1270. The molecule has 2 aromatic carbocycles. The predicted octanol–water partition coefficient (Wildman–Crippen LogP) is 6.63. The number of benzene rings is 2. The third-order valence-corrected chi connectivity index (χ3v) is 8.52. The summed E-state index contributed by atoms with van der Waals surface area (Å²) in [6.45, 7) is 6.19. The first-order valence-corrected chi connectivity index (χ1v) is 16.0. The van der Waals surface area contributed by atoms with E-state index in [-0.39, 0.29) is 12.1 Å². The second kappa shape index (κ2) is 16.2. The molecule has 0 aliphatic heterocycles. The molecule has 2 heterocycles. The van der Waals surface area contributed by atoms with E-state index in [1.54, 1.807) is 33.2 Å². The summed E-state index contributed by atoms with van der Waals surface area (Å²) in [4.78, 5) is 40.8. The molecule has 0 bridgehead atoms. The maximum Gasteiger partial charge on any atom is 0.415 e. The van der Waals surface area contributed by atoms with Crippen LogP contribution in [0.5, 0.6) is 0 Å². The number of thiazole rings is 2. The van der Waals surface area contributed by atoms with Crippen molar-refractivity contribution in [2.45, 2.75) is 38.8 Å². The van der Waals surface area contributed by atoms with Gasteiger partial charge in [-0.3, -0.25) is 24.7 Å². The molecular weight excluding hydrogens is 583 g/mol. The molecule has 0 aliphatic carbocycles. The first-order valence-electron chi connectivity index (χ1n) is 14.2. The van der Waals surface area contributed by atoms with Crippen LogP contribution in [0.4, 0.5) is 19.6 Å². The smallest absolute Gasteiger partial charge is 0.415 e. The quantitative estimate of drug-likeness (QED) is 0.156. The lowest BCUT2D eigenvalue weighted by atomic mass is 10.0. The summed E-state index contributed by atoms with van der Waals surface area (Å²) < 4.78 is 10.6. The van der Waals surface area contributed by atoms with Crippen LogP contribution in [0, 0.1) is 5.92 Å². The van der Waals surface area contributed by atoms with Gasteiger partial charge in [-0.15, -0.1) is 22.7 Å². The highest BCUT2D eigenvalue weighted by molar-refractivity contribution is 7.14. The van der Waals surface area contributed by atoms with Crippen LogP contribution in [0.2, 0.25) is 0 Å². The number of rotatable bonds is 14. The molecule has 0 aliphatic rings. The summed E-state index contributed by atoms with van der Waals surface area (Å²) in [6, 6.07) is 19.8. The van der Waals surface area contributed by atoms with Gasteiger partial charge >= 0.3 is 12.2 Å². The maximum absolute atomic E-state index is 13.3. The summed E-state index contributed by atoms with van der Waals surface area (Å²) in [5.41, 5.74) is 5.65. The molecule has 4 rings (SSSR count). The molecule has 2 aromatic heterocycles. The minimum Gasteiger partial charge on any atom is -0.452 e. The van der Waals surface area contributed by atoms with Gasteiger partial charge in [0.05, 0.1) is 49.7 Å². The molecule has 0 saturated heterocycles. The number of carbonyl (C=O) groups is 2. The molecular formula is C32H39N5O4S2. The number of aromatic nitrogens is 2. The fourth-order valence-electron chi connectivity index (χ4n) is 5.27. The highest BCUT2D eigenvalue weighted by atomic mass is 32.1. The average molecular weight is 622 g/mol. The normalized spacial score (nSPS) is 12.6. The van der Waals surface area contributed by atoms with Gasteiger partial charge in [0, 0.05) is 19.6 Å². The Morgan fingerprint density at radius 1 is 0.698 bits per heavy atom. The van der Waals surface area contributed by atoms with Gasteiger partial charge in [0.1, 0.15) is 10.0 Å². The van der Waals surface area contributed by atoms with Crippen molar-refractivity contribution in [3.05, 3.63) is 95.2 Å². The second-order valence-corrected chi connectivity index (χ2v) is 12.4. The third-order valence-electron chi connectivity index (χ3n) is 6.98. The van der Waals surface area contributed by atoms with Gasteiger partial charge in [-0.2, -0.15) is 0 Å². The minimum atomic E-state index is -0.434. The molecule has 0 N–H and O–H groups in total. The van der Waals surface area contributed by atoms with Crippen molar-refractivity contribution in [1.29, 1.82) is 0 Å². The topological polar surface area (TPSA) is 88.1 Å². The van der Waals surface area contributed by atoms with E-state index in [2.05, 4.69) is 53.0 Å². The molecule has 0 radical (unpaired) electrons. The highest BCUT2D eigenvalue weighted by Crippen LogP contribution is 2.28. The Morgan fingerprint density at radius 2 is 1.12 bits per heavy atom. The molecule has 11 heteroatoms. The van der Waals surface area contributed by atoms with E-state index in [9.17, 15) is 9.59 Å². The van der Waals surface area contributed by atoms with Gasteiger partial charge in [-0.05, 0) is 29.9 Å². The molecule has 4 aromatic rings. The van der Waals surface area contributed by atoms with Crippen LogP contribution in [-0.4, -0.2) is 73.0 Å². The van der Waals surface area contributed by atoms with Crippen LogP contribution in [-0.2, 0) is 22.3 Å². The zero-order chi connectivity index (χ0) is 30.6. The van der Waals surface area contributed by atoms with Crippen molar-refractivity contribution >= 4 is 44.9 Å². The van der Waals surface area contributed by atoms with Gasteiger partial charge in [0.2, 0.25) is 0 Å². The molecule has 0 fully saturated rings. The van der Waals surface area contributed by atoms with Gasteiger partial charge < -0.3 is 9.47 Å².